The van der Waals surface area contributed by atoms with E-state index >= 15 is 0 Å². The van der Waals surface area contributed by atoms with Crippen molar-refractivity contribution in [2.24, 2.45) is 17.8 Å². The molecule has 2 fully saturated rings. The Bertz CT molecular complexity index is 1350. The molecule has 5 atom stereocenters. The molecule has 242 valence electrons. The van der Waals surface area contributed by atoms with E-state index in [1.165, 1.54) is 30.5 Å². The van der Waals surface area contributed by atoms with E-state index in [-0.39, 0.29) is 49.5 Å². The van der Waals surface area contributed by atoms with Crippen molar-refractivity contribution >= 4 is 22.0 Å². The molecule has 11 nitrogen and oxygen atoms in total. The van der Waals surface area contributed by atoms with Gasteiger partial charge in [0.2, 0.25) is 10.0 Å². The number of carbonyl (C=O) groups excluding carboxylic acids is 2. The molecule has 0 saturated carbocycles. The van der Waals surface area contributed by atoms with E-state index in [2.05, 4.69) is 0 Å². The lowest BCUT2D eigenvalue weighted by atomic mass is 9.90. The van der Waals surface area contributed by atoms with Crippen molar-refractivity contribution in [1.29, 1.82) is 0 Å². The van der Waals surface area contributed by atoms with Crippen LogP contribution in [0.1, 0.15) is 39.2 Å². The SMILES string of the molecule is COc1ccc(S(=O)(=O)N(CC(C)C)C[C@@H](OC(C)=O)[C@@H](CC(=O)O[C@H]2CO[C@@]3(CO)OCC[C@@H]23)Cc2ccccc2)cc1. The molecule has 44 heavy (non-hydrogen) atoms. The maximum Gasteiger partial charge on any atom is 0.306 e. The van der Waals surface area contributed by atoms with E-state index in [4.69, 9.17) is 23.7 Å². The molecule has 2 aromatic carbocycles. The minimum absolute atomic E-state index is 0.0404. The Morgan fingerprint density at radius 2 is 1.77 bits per heavy atom. The van der Waals surface area contributed by atoms with Crippen molar-refractivity contribution in [3.63, 3.8) is 0 Å². The first-order valence-corrected chi connectivity index (χ1v) is 16.3. The summed E-state index contributed by atoms with van der Waals surface area (Å²) in [6.45, 7) is 5.21. The van der Waals surface area contributed by atoms with Crippen molar-refractivity contribution in [3.8, 4) is 5.75 Å². The molecule has 0 aromatic heterocycles. The zero-order valence-electron chi connectivity index (χ0n) is 25.7. The Balaban J connectivity index is 1.61. The summed E-state index contributed by atoms with van der Waals surface area (Å²) in [5.74, 6) is -2.72. The third kappa shape index (κ3) is 8.16. The van der Waals surface area contributed by atoms with Crippen molar-refractivity contribution in [2.45, 2.75) is 62.9 Å². The van der Waals surface area contributed by atoms with Crippen LogP contribution < -0.4 is 4.74 Å². The Morgan fingerprint density at radius 1 is 1.07 bits per heavy atom. The van der Waals surface area contributed by atoms with Crippen LogP contribution in [0.5, 0.6) is 5.75 Å². The molecule has 0 spiro atoms. The van der Waals surface area contributed by atoms with Gasteiger partial charge in [-0.25, -0.2) is 8.42 Å². The second kappa shape index (κ2) is 14.8. The highest BCUT2D eigenvalue weighted by Crippen LogP contribution is 2.42. The van der Waals surface area contributed by atoms with Gasteiger partial charge in [-0.3, -0.25) is 9.59 Å². The zero-order chi connectivity index (χ0) is 31.9. The average Bonchev–Trinajstić information content (AvgIpc) is 3.56. The molecular weight excluding hydrogens is 590 g/mol. The molecule has 0 amide bonds. The zero-order valence-corrected chi connectivity index (χ0v) is 26.5. The number of fused-ring (bicyclic) bond motifs is 1. The lowest BCUT2D eigenvalue weighted by molar-refractivity contribution is -0.216. The molecule has 0 radical (unpaired) electrons. The number of esters is 2. The van der Waals surface area contributed by atoms with Gasteiger partial charge in [0.15, 0.2) is 5.79 Å². The van der Waals surface area contributed by atoms with Gasteiger partial charge in [-0.05, 0) is 48.6 Å². The molecule has 0 bridgehead atoms. The lowest BCUT2D eigenvalue weighted by Gasteiger charge is -2.32. The number of carbonyl (C=O) groups is 2. The summed E-state index contributed by atoms with van der Waals surface area (Å²) in [4.78, 5) is 25.9. The minimum atomic E-state index is -4.01. The van der Waals surface area contributed by atoms with E-state index in [0.717, 1.165) is 5.56 Å². The normalized spacial score (nSPS) is 22.9. The van der Waals surface area contributed by atoms with Crippen LogP contribution in [0.4, 0.5) is 0 Å². The number of rotatable bonds is 15. The van der Waals surface area contributed by atoms with Crippen LogP contribution >= 0.6 is 0 Å². The molecule has 0 unspecified atom stereocenters. The molecule has 2 saturated heterocycles. The van der Waals surface area contributed by atoms with Gasteiger partial charge in [0.05, 0.1) is 50.7 Å². The van der Waals surface area contributed by atoms with Crippen LogP contribution in [0.2, 0.25) is 0 Å². The first-order valence-electron chi connectivity index (χ1n) is 14.9. The highest BCUT2D eigenvalue weighted by molar-refractivity contribution is 7.89. The van der Waals surface area contributed by atoms with E-state index in [9.17, 15) is 23.1 Å². The first kappa shape index (κ1) is 33.9. The maximum atomic E-state index is 13.9. The predicted octanol–water partition coefficient (Wildman–Crippen LogP) is 3.19. The number of hydrogen-bond acceptors (Lipinski definition) is 10. The fourth-order valence-electron chi connectivity index (χ4n) is 5.92. The lowest BCUT2D eigenvalue weighted by Crippen LogP contribution is -2.45. The van der Waals surface area contributed by atoms with Gasteiger partial charge in [0.25, 0.3) is 0 Å². The van der Waals surface area contributed by atoms with Gasteiger partial charge in [-0.1, -0.05) is 44.2 Å². The number of benzene rings is 2. The third-order valence-corrected chi connectivity index (χ3v) is 9.89. The molecule has 2 aromatic rings. The van der Waals surface area contributed by atoms with Crippen molar-refractivity contribution in [2.75, 3.05) is 40.0 Å². The summed E-state index contributed by atoms with van der Waals surface area (Å²) in [6, 6.07) is 15.5. The summed E-state index contributed by atoms with van der Waals surface area (Å²) in [7, 11) is -2.51. The van der Waals surface area contributed by atoms with Gasteiger partial charge < -0.3 is 28.8 Å². The molecule has 2 aliphatic heterocycles. The molecule has 2 aliphatic rings. The quantitative estimate of drug-likeness (QED) is 0.291. The van der Waals surface area contributed by atoms with E-state index in [1.807, 2.05) is 44.2 Å². The van der Waals surface area contributed by atoms with Gasteiger partial charge in [0, 0.05) is 19.4 Å². The molecule has 4 rings (SSSR count). The number of nitrogens with zero attached hydrogens (tertiary/aromatic N) is 1. The van der Waals surface area contributed by atoms with E-state index in [1.54, 1.807) is 12.1 Å². The predicted molar refractivity (Wildman–Crippen MR) is 160 cm³/mol. The second-order valence-electron chi connectivity index (χ2n) is 11.7. The molecular formula is C32H43NO10S. The number of ether oxygens (including phenoxy) is 5. The Kier molecular flexibility index (Phi) is 11.4. The molecule has 2 heterocycles. The summed E-state index contributed by atoms with van der Waals surface area (Å²) in [6.07, 6.45) is -0.788. The highest BCUT2D eigenvalue weighted by Gasteiger charge is 2.56. The topological polar surface area (TPSA) is 138 Å². The molecule has 1 N–H and O–H groups in total. The van der Waals surface area contributed by atoms with Gasteiger partial charge in [-0.15, -0.1) is 0 Å². The van der Waals surface area contributed by atoms with Crippen LogP contribution in [0, 0.1) is 17.8 Å². The van der Waals surface area contributed by atoms with Crippen molar-refractivity contribution < 1.29 is 46.8 Å². The monoisotopic (exact) mass is 633 g/mol. The average molecular weight is 634 g/mol. The molecule has 0 aliphatic carbocycles. The highest BCUT2D eigenvalue weighted by atomic mass is 32.2. The van der Waals surface area contributed by atoms with Crippen LogP contribution in [0.25, 0.3) is 0 Å². The Hall–Kier alpha value is -3.03. The number of aliphatic hydroxyl groups excluding tert-OH is 1. The van der Waals surface area contributed by atoms with Crippen LogP contribution in [-0.2, 0) is 45.0 Å². The third-order valence-electron chi connectivity index (χ3n) is 8.05. The fourth-order valence-corrected chi connectivity index (χ4v) is 7.54. The summed E-state index contributed by atoms with van der Waals surface area (Å²) in [5.41, 5.74) is 0.892. The smallest absolute Gasteiger partial charge is 0.306 e. The van der Waals surface area contributed by atoms with Gasteiger partial charge >= 0.3 is 11.9 Å². The summed E-state index contributed by atoms with van der Waals surface area (Å²) < 4.78 is 57.3. The van der Waals surface area contributed by atoms with Gasteiger partial charge in [0.1, 0.15) is 18.0 Å². The standard InChI is InChI=1S/C32H43NO10S/c1-22(2)18-33(44(37,38)27-12-10-26(39-4)11-13-27)19-29(42-23(3)35)25(16-24-8-6-5-7-9-24)17-31(36)43-30-20-41-32(21-34)28(30)14-15-40-32/h5-13,22,25,28-30,34H,14-21H2,1-4H3/t25-,28+,29-,30+,32-/m1/s1. The first-order chi connectivity index (χ1) is 21.0. The van der Waals surface area contributed by atoms with Crippen molar-refractivity contribution in [1.82, 2.24) is 4.31 Å². The van der Waals surface area contributed by atoms with Crippen LogP contribution in [0.15, 0.2) is 59.5 Å². The number of aliphatic hydroxyl groups is 1. The number of sulfonamides is 1. The Labute approximate surface area is 259 Å². The maximum absolute atomic E-state index is 13.9. The van der Waals surface area contributed by atoms with Crippen LogP contribution in [-0.4, -0.2) is 87.8 Å². The fraction of sp³-hybridized carbons (Fsp3) is 0.562. The molecule has 12 heteroatoms. The Morgan fingerprint density at radius 3 is 2.39 bits per heavy atom. The second-order valence-corrected chi connectivity index (χ2v) is 13.7. The number of methoxy groups -OCH3 is 1. The van der Waals surface area contributed by atoms with Gasteiger partial charge in [-0.2, -0.15) is 4.31 Å². The van der Waals surface area contributed by atoms with E-state index in [0.29, 0.717) is 25.2 Å². The van der Waals surface area contributed by atoms with E-state index < -0.39 is 45.9 Å². The largest absolute Gasteiger partial charge is 0.497 e. The van der Waals surface area contributed by atoms with Crippen molar-refractivity contribution in [3.05, 3.63) is 60.2 Å². The summed E-state index contributed by atoms with van der Waals surface area (Å²) >= 11 is 0. The van der Waals surface area contributed by atoms with Crippen LogP contribution in [0.3, 0.4) is 0 Å². The number of hydrogen-bond donors (Lipinski definition) is 1. The minimum Gasteiger partial charge on any atom is -0.497 e. The summed E-state index contributed by atoms with van der Waals surface area (Å²) in [5, 5.41) is 9.87.